The van der Waals surface area contributed by atoms with Crippen molar-refractivity contribution in [2.75, 3.05) is 7.11 Å². The lowest BCUT2D eigenvalue weighted by molar-refractivity contribution is -0.121. The lowest BCUT2D eigenvalue weighted by Gasteiger charge is -2.29. The molecule has 2 rings (SSSR count). The van der Waals surface area contributed by atoms with Gasteiger partial charge in [-0.3, -0.25) is 4.79 Å². The first kappa shape index (κ1) is 14.8. The number of carbonyl (C=O) groups excluding carboxylic acids is 1. The van der Waals surface area contributed by atoms with Crippen LogP contribution in [0.4, 0.5) is 4.39 Å². The topological polar surface area (TPSA) is 38.3 Å². The van der Waals surface area contributed by atoms with Crippen molar-refractivity contribution in [3.63, 3.8) is 0 Å². The van der Waals surface area contributed by atoms with Crippen LogP contribution in [0.3, 0.4) is 0 Å². The molecule has 3 nitrogen and oxygen atoms in total. The van der Waals surface area contributed by atoms with Crippen LogP contribution in [0.1, 0.15) is 38.2 Å². The molecule has 0 aromatic heterocycles. The fourth-order valence-corrected chi connectivity index (χ4v) is 2.79. The van der Waals surface area contributed by atoms with Crippen LogP contribution in [0.25, 0.3) is 0 Å². The molecule has 0 bridgehead atoms. The van der Waals surface area contributed by atoms with Gasteiger partial charge < -0.3 is 10.1 Å². The molecule has 0 spiro atoms. The van der Waals surface area contributed by atoms with E-state index in [0.29, 0.717) is 11.5 Å². The number of halogens is 1. The summed E-state index contributed by atoms with van der Waals surface area (Å²) >= 11 is 0. The molecular formula is C16H22FNO2. The Morgan fingerprint density at radius 2 is 2.15 bits per heavy atom. The van der Waals surface area contributed by atoms with E-state index in [1.165, 1.54) is 32.4 Å². The molecule has 0 radical (unpaired) electrons. The zero-order valence-corrected chi connectivity index (χ0v) is 12.1. The summed E-state index contributed by atoms with van der Waals surface area (Å²) in [4.78, 5) is 12.0. The molecule has 1 aliphatic carbocycles. The van der Waals surface area contributed by atoms with Crippen LogP contribution >= 0.6 is 0 Å². The van der Waals surface area contributed by atoms with Crippen LogP contribution in [0.15, 0.2) is 18.2 Å². The largest absolute Gasteiger partial charge is 0.494 e. The number of benzene rings is 1. The van der Waals surface area contributed by atoms with E-state index < -0.39 is 5.82 Å². The molecule has 110 valence electrons. The van der Waals surface area contributed by atoms with Gasteiger partial charge in [0.1, 0.15) is 0 Å². The molecule has 20 heavy (non-hydrogen) atoms. The first-order valence-corrected chi connectivity index (χ1v) is 7.22. The third-order valence-electron chi connectivity index (χ3n) is 4.04. The molecular weight excluding hydrogens is 257 g/mol. The van der Waals surface area contributed by atoms with Gasteiger partial charge in [0.15, 0.2) is 11.6 Å². The average Bonchev–Trinajstić information content (AvgIpc) is 2.41. The number of hydrogen-bond acceptors (Lipinski definition) is 2. The second kappa shape index (κ2) is 6.73. The Balaban J connectivity index is 1.92. The van der Waals surface area contributed by atoms with E-state index in [-0.39, 0.29) is 24.1 Å². The predicted molar refractivity (Wildman–Crippen MR) is 76.2 cm³/mol. The predicted octanol–water partition coefficient (Wildman–Crippen LogP) is 3.07. The number of amides is 1. The van der Waals surface area contributed by atoms with Crippen LogP contribution < -0.4 is 10.1 Å². The van der Waals surface area contributed by atoms with Crippen molar-refractivity contribution < 1.29 is 13.9 Å². The first-order valence-electron chi connectivity index (χ1n) is 7.22. The molecule has 1 N–H and O–H groups in total. The lowest BCUT2D eigenvalue weighted by Crippen LogP contribution is -2.41. The lowest BCUT2D eigenvalue weighted by atomic mass is 9.86. The molecule has 0 aliphatic heterocycles. The molecule has 1 aliphatic rings. The van der Waals surface area contributed by atoms with Gasteiger partial charge in [0, 0.05) is 6.04 Å². The van der Waals surface area contributed by atoms with E-state index in [9.17, 15) is 9.18 Å². The van der Waals surface area contributed by atoms with Gasteiger partial charge in [0.05, 0.1) is 13.5 Å². The normalized spacial score (nSPS) is 22.4. The van der Waals surface area contributed by atoms with Gasteiger partial charge in [0.2, 0.25) is 5.91 Å². The SMILES string of the molecule is COc1ccc(CC(=O)N[C@H]2CCCC[C@@H]2C)cc1F. The zero-order valence-electron chi connectivity index (χ0n) is 12.1. The molecule has 0 unspecified atom stereocenters. The van der Waals surface area contributed by atoms with Crippen LogP contribution in [-0.2, 0) is 11.2 Å². The van der Waals surface area contributed by atoms with Gasteiger partial charge >= 0.3 is 0 Å². The molecule has 2 atom stereocenters. The Morgan fingerprint density at radius 3 is 2.80 bits per heavy atom. The van der Waals surface area contributed by atoms with E-state index in [1.807, 2.05) is 0 Å². The summed E-state index contributed by atoms with van der Waals surface area (Å²) < 4.78 is 18.4. The minimum Gasteiger partial charge on any atom is -0.494 e. The average molecular weight is 279 g/mol. The highest BCUT2D eigenvalue weighted by atomic mass is 19.1. The highest BCUT2D eigenvalue weighted by Crippen LogP contribution is 2.24. The maximum absolute atomic E-state index is 13.6. The Morgan fingerprint density at radius 1 is 1.40 bits per heavy atom. The van der Waals surface area contributed by atoms with Gasteiger partial charge in [-0.15, -0.1) is 0 Å². The second-order valence-electron chi connectivity index (χ2n) is 5.58. The summed E-state index contributed by atoms with van der Waals surface area (Å²) in [5.74, 6) is 0.271. The highest BCUT2D eigenvalue weighted by Gasteiger charge is 2.22. The molecule has 1 fully saturated rings. The van der Waals surface area contributed by atoms with Crippen LogP contribution in [0, 0.1) is 11.7 Å². The number of methoxy groups -OCH3 is 1. The number of ether oxygens (including phenoxy) is 1. The van der Waals surface area contributed by atoms with E-state index >= 15 is 0 Å². The van der Waals surface area contributed by atoms with E-state index in [4.69, 9.17) is 4.74 Å². The van der Waals surface area contributed by atoms with Crippen molar-refractivity contribution in [3.05, 3.63) is 29.6 Å². The summed E-state index contributed by atoms with van der Waals surface area (Å²) in [6.45, 7) is 2.18. The second-order valence-corrected chi connectivity index (χ2v) is 5.58. The molecule has 1 saturated carbocycles. The summed E-state index contributed by atoms with van der Waals surface area (Å²) in [7, 11) is 1.43. The van der Waals surface area contributed by atoms with E-state index in [2.05, 4.69) is 12.2 Å². The molecule has 1 aromatic rings. The molecule has 1 amide bonds. The Labute approximate surface area is 119 Å². The van der Waals surface area contributed by atoms with Crippen molar-refractivity contribution in [2.24, 2.45) is 5.92 Å². The van der Waals surface area contributed by atoms with Crippen LogP contribution in [0.2, 0.25) is 0 Å². The fraction of sp³-hybridized carbons (Fsp3) is 0.562. The number of hydrogen-bond donors (Lipinski definition) is 1. The highest BCUT2D eigenvalue weighted by molar-refractivity contribution is 5.78. The van der Waals surface area contributed by atoms with Gasteiger partial charge in [-0.25, -0.2) is 4.39 Å². The van der Waals surface area contributed by atoms with Gasteiger partial charge in [0.25, 0.3) is 0 Å². The Kier molecular flexibility index (Phi) is 4.99. The molecule has 4 heteroatoms. The Bertz CT molecular complexity index is 476. The molecule has 1 aromatic carbocycles. The van der Waals surface area contributed by atoms with Crippen molar-refractivity contribution >= 4 is 5.91 Å². The number of rotatable bonds is 4. The summed E-state index contributed by atoms with van der Waals surface area (Å²) in [5, 5.41) is 3.07. The van der Waals surface area contributed by atoms with Crippen molar-refractivity contribution in [3.8, 4) is 5.75 Å². The first-order chi connectivity index (χ1) is 9.60. The third-order valence-corrected chi connectivity index (χ3v) is 4.04. The van der Waals surface area contributed by atoms with Gasteiger partial charge in [-0.2, -0.15) is 0 Å². The van der Waals surface area contributed by atoms with Crippen molar-refractivity contribution in [1.82, 2.24) is 5.32 Å². The molecule has 0 saturated heterocycles. The number of carbonyl (C=O) groups is 1. The van der Waals surface area contributed by atoms with Gasteiger partial charge in [-0.1, -0.05) is 25.8 Å². The third kappa shape index (κ3) is 3.71. The van der Waals surface area contributed by atoms with Crippen molar-refractivity contribution in [1.29, 1.82) is 0 Å². The van der Waals surface area contributed by atoms with Crippen molar-refractivity contribution in [2.45, 2.75) is 45.1 Å². The maximum Gasteiger partial charge on any atom is 0.224 e. The van der Waals surface area contributed by atoms with Crippen LogP contribution in [0.5, 0.6) is 5.75 Å². The van der Waals surface area contributed by atoms with E-state index in [0.717, 1.165) is 6.42 Å². The standard InChI is InChI=1S/C16H22FNO2/c1-11-5-3-4-6-14(11)18-16(19)10-12-7-8-15(20-2)13(17)9-12/h7-9,11,14H,3-6,10H2,1-2H3,(H,18,19)/t11-,14-/m0/s1. The summed E-state index contributed by atoms with van der Waals surface area (Å²) in [5.41, 5.74) is 0.671. The number of nitrogens with one attached hydrogen (secondary N) is 1. The van der Waals surface area contributed by atoms with Crippen LogP contribution in [-0.4, -0.2) is 19.1 Å². The summed E-state index contributed by atoms with van der Waals surface area (Å²) in [6.07, 6.45) is 4.85. The quantitative estimate of drug-likeness (QED) is 0.920. The van der Waals surface area contributed by atoms with Gasteiger partial charge in [-0.05, 0) is 36.5 Å². The smallest absolute Gasteiger partial charge is 0.224 e. The zero-order chi connectivity index (χ0) is 14.5. The molecule has 0 heterocycles. The van der Waals surface area contributed by atoms with E-state index in [1.54, 1.807) is 12.1 Å². The fourth-order valence-electron chi connectivity index (χ4n) is 2.79. The maximum atomic E-state index is 13.6. The minimum absolute atomic E-state index is 0.0340. The summed E-state index contributed by atoms with van der Waals surface area (Å²) in [6, 6.07) is 4.91. The Hall–Kier alpha value is -1.58. The monoisotopic (exact) mass is 279 g/mol. The minimum atomic E-state index is -0.427.